The normalized spacial score (nSPS) is 19.4. The van der Waals surface area contributed by atoms with Crippen molar-refractivity contribution in [3.63, 3.8) is 0 Å². The van der Waals surface area contributed by atoms with Crippen LogP contribution < -0.4 is 5.32 Å². The Morgan fingerprint density at radius 1 is 1.35 bits per heavy atom. The Bertz CT molecular complexity index is 289. The highest BCUT2D eigenvalue weighted by Crippen LogP contribution is 2.17. The molecule has 1 saturated heterocycles. The van der Waals surface area contributed by atoms with Gasteiger partial charge in [0.15, 0.2) is 0 Å². The highest BCUT2D eigenvalue weighted by atomic mass is 16.5. The zero-order chi connectivity index (χ0) is 12.9. The highest BCUT2D eigenvalue weighted by Gasteiger charge is 2.41. The average molecular weight is 242 g/mol. The molecule has 0 atom stereocenters. The van der Waals surface area contributed by atoms with Gasteiger partial charge >= 0.3 is 0 Å². The number of unbranched alkanes of at least 4 members (excludes halogenated alkanes) is 1. The van der Waals surface area contributed by atoms with E-state index in [1.54, 1.807) is 18.7 Å². The fourth-order valence-electron chi connectivity index (χ4n) is 1.81. The summed E-state index contributed by atoms with van der Waals surface area (Å²) in [6, 6.07) is 0. The molecule has 1 fully saturated rings. The molecule has 0 aliphatic carbocycles. The zero-order valence-electron chi connectivity index (χ0n) is 10.9. The van der Waals surface area contributed by atoms with Gasteiger partial charge in [-0.05, 0) is 20.3 Å². The Morgan fingerprint density at radius 3 is 2.71 bits per heavy atom. The predicted molar refractivity (Wildman–Crippen MR) is 64.5 cm³/mol. The summed E-state index contributed by atoms with van der Waals surface area (Å²) in [6.45, 7) is 7.38. The summed E-state index contributed by atoms with van der Waals surface area (Å²) in [6.07, 6.45) is 2.12. The van der Waals surface area contributed by atoms with Gasteiger partial charge in [-0.2, -0.15) is 0 Å². The minimum atomic E-state index is -0.774. The van der Waals surface area contributed by atoms with Gasteiger partial charge in [-0.3, -0.25) is 9.59 Å². The van der Waals surface area contributed by atoms with E-state index in [-0.39, 0.29) is 18.4 Å². The first kappa shape index (κ1) is 14.0. The topological polar surface area (TPSA) is 58.6 Å². The summed E-state index contributed by atoms with van der Waals surface area (Å²) in [5.41, 5.74) is -0.774. The van der Waals surface area contributed by atoms with Gasteiger partial charge in [0.25, 0.3) is 0 Å². The zero-order valence-corrected chi connectivity index (χ0v) is 10.9. The maximum atomic E-state index is 11.7. The molecule has 1 rings (SSSR count). The number of hydrogen-bond donors (Lipinski definition) is 1. The van der Waals surface area contributed by atoms with Crippen LogP contribution in [0.1, 0.15) is 33.6 Å². The van der Waals surface area contributed by atoms with Crippen molar-refractivity contribution < 1.29 is 14.3 Å². The van der Waals surface area contributed by atoms with Crippen molar-refractivity contribution in [3.05, 3.63) is 0 Å². The molecule has 2 amide bonds. The second-order valence-corrected chi connectivity index (χ2v) is 4.75. The van der Waals surface area contributed by atoms with Crippen molar-refractivity contribution in [3.8, 4) is 0 Å². The van der Waals surface area contributed by atoms with E-state index in [1.165, 1.54) is 0 Å². The fraction of sp³-hybridized carbons (Fsp3) is 0.833. The highest BCUT2D eigenvalue weighted by molar-refractivity contribution is 5.97. The standard InChI is InChI=1S/C12H22N2O3/c1-4-5-7-17-8-6-14-10(15)9-13-11(16)12(14,2)3/h4-9H2,1-3H3,(H,13,16). The number of ether oxygens (including phenoxy) is 1. The van der Waals surface area contributed by atoms with E-state index in [9.17, 15) is 9.59 Å². The summed E-state index contributed by atoms with van der Waals surface area (Å²) in [5, 5.41) is 2.59. The van der Waals surface area contributed by atoms with Gasteiger partial charge in [-0.25, -0.2) is 0 Å². The van der Waals surface area contributed by atoms with Gasteiger partial charge < -0.3 is 15.0 Å². The summed E-state index contributed by atoms with van der Waals surface area (Å²) < 4.78 is 5.43. The van der Waals surface area contributed by atoms with Gasteiger partial charge in [-0.15, -0.1) is 0 Å². The van der Waals surface area contributed by atoms with E-state index in [0.29, 0.717) is 19.8 Å². The molecule has 0 radical (unpaired) electrons. The minimum absolute atomic E-state index is 0.0475. The van der Waals surface area contributed by atoms with Gasteiger partial charge in [0.05, 0.1) is 13.2 Å². The van der Waals surface area contributed by atoms with Crippen LogP contribution in [0, 0.1) is 0 Å². The minimum Gasteiger partial charge on any atom is -0.380 e. The van der Waals surface area contributed by atoms with Crippen molar-refractivity contribution in [2.75, 3.05) is 26.3 Å². The van der Waals surface area contributed by atoms with Crippen LogP contribution in [0.2, 0.25) is 0 Å². The fourth-order valence-corrected chi connectivity index (χ4v) is 1.81. The molecule has 1 N–H and O–H groups in total. The molecule has 98 valence electrons. The second kappa shape index (κ2) is 6.00. The molecule has 1 heterocycles. The van der Waals surface area contributed by atoms with Crippen molar-refractivity contribution in [2.24, 2.45) is 0 Å². The monoisotopic (exact) mass is 242 g/mol. The molecule has 5 heteroatoms. The quantitative estimate of drug-likeness (QED) is 0.692. The Morgan fingerprint density at radius 2 is 2.06 bits per heavy atom. The first-order valence-electron chi connectivity index (χ1n) is 6.16. The molecule has 0 aromatic carbocycles. The van der Waals surface area contributed by atoms with Crippen LogP contribution in [-0.4, -0.2) is 48.6 Å². The lowest BCUT2D eigenvalue weighted by molar-refractivity contribution is -0.152. The summed E-state index contributed by atoms with van der Waals surface area (Å²) in [4.78, 5) is 25.0. The van der Waals surface area contributed by atoms with E-state index >= 15 is 0 Å². The average Bonchev–Trinajstić information content (AvgIpc) is 2.28. The number of piperazine rings is 1. The number of nitrogens with one attached hydrogen (secondary N) is 1. The van der Waals surface area contributed by atoms with Crippen molar-refractivity contribution in [2.45, 2.75) is 39.2 Å². The molecule has 0 bridgehead atoms. The van der Waals surface area contributed by atoms with Gasteiger partial charge in [0.1, 0.15) is 5.54 Å². The third-order valence-corrected chi connectivity index (χ3v) is 3.03. The predicted octanol–water partition coefficient (Wildman–Crippen LogP) is 0.540. The molecule has 0 aromatic heterocycles. The largest absolute Gasteiger partial charge is 0.380 e. The Hall–Kier alpha value is -1.10. The molecular formula is C12H22N2O3. The van der Waals surface area contributed by atoms with Crippen LogP contribution in [-0.2, 0) is 14.3 Å². The number of carbonyl (C=O) groups excluding carboxylic acids is 2. The SMILES string of the molecule is CCCCOCCN1C(=O)CNC(=O)C1(C)C. The summed E-state index contributed by atoms with van der Waals surface area (Å²) in [7, 11) is 0. The van der Waals surface area contributed by atoms with E-state index in [1.807, 2.05) is 0 Å². The second-order valence-electron chi connectivity index (χ2n) is 4.75. The van der Waals surface area contributed by atoms with E-state index < -0.39 is 5.54 Å². The van der Waals surface area contributed by atoms with Gasteiger partial charge in [-0.1, -0.05) is 13.3 Å². The van der Waals surface area contributed by atoms with Crippen molar-refractivity contribution >= 4 is 11.8 Å². The van der Waals surface area contributed by atoms with Crippen LogP contribution >= 0.6 is 0 Å². The molecule has 0 unspecified atom stereocenters. The molecule has 0 aromatic rings. The van der Waals surface area contributed by atoms with Crippen LogP contribution in [0.5, 0.6) is 0 Å². The van der Waals surface area contributed by atoms with Crippen molar-refractivity contribution in [1.82, 2.24) is 10.2 Å². The lowest BCUT2D eigenvalue weighted by Gasteiger charge is -2.40. The first-order valence-corrected chi connectivity index (χ1v) is 6.16. The summed E-state index contributed by atoms with van der Waals surface area (Å²) >= 11 is 0. The maximum absolute atomic E-state index is 11.7. The third kappa shape index (κ3) is 3.43. The lowest BCUT2D eigenvalue weighted by Crippen LogP contribution is -2.64. The van der Waals surface area contributed by atoms with E-state index in [4.69, 9.17) is 4.74 Å². The molecule has 17 heavy (non-hydrogen) atoms. The van der Waals surface area contributed by atoms with Crippen LogP contribution in [0.15, 0.2) is 0 Å². The molecule has 1 aliphatic heterocycles. The van der Waals surface area contributed by atoms with Crippen LogP contribution in [0.25, 0.3) is 0 Å². The lowest BCUT2D eigenvalue weighted by atomic mass is 9.99. The number of hydrogen-bond acceptors (Lipinski definition) is 3. The van der Waals surface area contributed by atoms with Crippen molar-refractivity contribution in [1.29, 1.82) is 0 Å². The smallest absolute Gasteiger partial charge is 0.245 e. The first-order chi connectivity index (χ1) is 8.00. The third-order valence-electron chi connectivity index (χ3n) is 3.03. The Labute approximate surface area is 102 Å². The molecule has 1 aliphatic rings. The van der Waals surface area contributed by atoms with Crippen LogP contribution in [0.4, 0.5) is 0 Å². The van der Waals surface area contributed by atoms with Gasteiger partial charge in [0, 0.05) is 13.2 Å². The van der Waals surface area contributed by atoms with E-state index in [0.717, 1.165) is 12.8 Å². The molecule has 5 nitrogen and oxygen atoms in total. The number of nitrogens with zero attached hydrogens (tertiary/aromatic N) is 1. The Kier molecular flexibility index (Phi) is 4.93. The maximum Gasteiger partial charge on any atom is 0.245 e. The van der Waals surface area contributed by atoms with E-state index in [2.05, 4.69) is 12.2 Å². The van der Waals surface area contributed by atoms with Gasteiger partial charge in [0.2, 0.25) is 11.8 Å². The van der Waals surface area contributed by atoms with Crippen LogP contribution in [0.3, 0.4) is 0 Å². The number of rotatable bonds is 6. The molecule has 0 spiro atoms. The number of carbonyl (C=O) groups is 2. The molecular weight excluding hydrogens is 220 g/mol. The Balaban J connectivity index is 2.43. The summed E-state index contributed by atoms with van der Waals surface area (Å²) in [5.74, 6) is -0.153. The number of amides is 2. The molecule has 0 saturated carbocycles.